The molecule has 0 fully saturated rings. The fourth-order valence-corrected chi connectivity index (χ4v) is 3.15. The van der Waals surface area contributed by atoms with Gasteiger partial charge in [-0.3, -0.25) is 4.79 Å². The summed E-state index contributed by atoms with van der Waals surface area (Å²) in [6.45, 7) is 1.30. The molecule has 1 aromatic carbocycles. The van der Waals surface area contributed by atoms with Crippen LogP contribution in [0.1, 0.15) is 6.92 Å². The molecule has 5 nitrogen and oxygen atoms in total. The van der Waals surface area contributed by atoms with E-state index in [1.54, 1.807) is 0 Å². The Labute approximate surface area is 109 Å². The maximum absolute atomic E-state index is 13.6. The molecule has 8 heteroatoms. The highest BCUT2D eigenvalue weighted by molar-refractivity contribution is 7.89. The van der Waals surface area contributed by atoms with Crippen molar-refractivity contribution in [2.75, 3.05) is 7.05 Å². The lowest BCUT2D eigenvalue weighted by Gasteiger charge is -2.22. The highest BCUT2D eigenvalue weighted by Crippen LogP contribution is 2.27. The lowest BCUT2D eigenvalue weighted by atomic mass is 10.3. The number of nitrogens with two attached hydrogens (primary N) is 1. The van der Waals surface area contributed by atoms with Gasteiger partial charge in [0.1, 0.15) is 16.8 Å². The van der Waals surface area contributed by atoms with Crippen LogP contribution < -0.4 is 5.73 Å². The van der Waals surface area contributed by atoms with Gasteiger partial charge in [-0.15, -0.1) is 0 Å². The summed E-state index contributed by atoms with van der Waals surface area (Å²) >= 11 is 5.68. The van der Waals surface area contributed by atoms with Gasteiger partial charge < -0.3 is 5.73 Å². The van der Waals surface area contributed by atoms with E-state index < -0.39 is 32.7 Å². The third-order valence-electron chi connectivity index (χ3n) is 2.51. The molecule has 0 spiro atoms. The van der Waals surface area contributed by atoms with Crippen molar-refractivity contribution in [3.05, 3.63) is 29.0 Å². The number of sulfonamides is 1. The van der Waals surface area contributed by atoms with E-state index in [2.05, 4.69) is 0 Å². The molecule has 0 aliphatic heterocycles. The Balaban J connectivity index is 3.35. The standard InChI is InChI=1S/C10H12ClFN2O3S/c1-6(10(13)15)14(2)18(16,17)9-7(11)4-3-5-8(9)12/h3-6H,1-2H3,(H2,13,15)/t6-/m1/s1. The van der Waals surface area contributed by atoms with Crippen LogP contribution in [-0.4, -0.2) is 31.7 Å². The van der Waals surface area contributed by atoms with Crippen LogP contribution in [-0.2, 0) is 14.8 Å². The monoisotopic (exact) mass is 294 g/mol. The van der Waals surface area contributed by atoms with Gasteiger partial charge in [-0.25, -0.2) is 12.8 Å². The number of hydrogen-bond acceptors (Lipinski definition) is 3. The van der Waals surface area contributed by atoms with Crippen molar-refractivity contribution < 1.29 is 17.6 Å². The minimum absolute atomic E-state index is 0.251. The number of rotatable bonds is 4. The van der Waals surface area contributed by atoms with Gasteiger partial charge in [-0.05, 0) is 19.1 Å². The first-order valence-corrected chi connectivity index (χ1v) is 6.72. The Kier molecular flexibility index (Phi) is 4.31. The van der Waals surface area contributed by atoms with Gasteiger partial charge in [0.15, 0.2) is 0 Å². The summed E-state index contributed by atoms with van der Waals surface area (Å²) in [5.74, 6) is -1.82. The van der Waals surface area contributed by atoms with Crippen LogP contribution in [0, 0.1) is 5.82 Å². The van der Waals surface area contributed by atoms with Gasteiger partial charge in [0.25, 0.3) is 0 Å². The molecule has 0 saturated carbocycles. The maximum atomic E-state index is 13.6. The van der Waals surface area contributed by atoms with Crippen LogP contribution in [0.4, 0.5) is 4.39 Å². The number of benzene rings is 1. The Bertz CT molecular complexity index is 556. The van der Waals surface area contributed by atoms with Gasteiger partial charge >= 0.3 is 0 Å². The van der Waals surface area contributed by atoms with Crippen LogP contribution >= 0.6 is 11.6 Å². The van der Waals surface area contributed by atoms with Crippen molar-refractivity contribution in [2.24, 2.45) is 5.73 Å². The van der Waals surface area contributed by atoms with Gasteiger partial charge in [0.05, 0.1) is 5.02 Å². The van der Waals surface area contributed by atoms with E-state index in [0.717, 1.165) is 13.1 Å². The van der Waals surface area contributed by atoms with Crippen molar-refractivity contribution in [3.63, 3.8) is 0 Å². The number of carbonyl (C=O) groups excluding carboxylic acids is 1. The van der Waals surface area contributed by atoms with Crippen LogP contribution in [0.15, 0.2) is 23.1 Å². The first kappa shape index (κ1) is 14.9. The molecule has 1 rings (SSSR count). The van der Waals surface area contributed by atoms with Crippen LogP contribution in [0.3, 0.4) is 0 Å². The minimum atomic E-state index is -4.22. The average molecular weight is 295 g/mol. The van der Waals surface area contributed by atoms with E-state index in [1.807, 2.05) is 0 Å². The molecule has 0 saturated heterocycles. The van der Waals surface area contributed by atoms with Gasteiger partial charge in [-0.2, -0.15) is 4.31 Å². The number of hydrogen-bond donors (Lipinski definition) is 1. The molecule has 2 N–H and O–H groups in total. The molecule has 0 aliphatic carbocycles. The zero-order valence-electron chi connectivity index (χ0n) is 9.72. The van der Waals surface area contributed by atoms with Crippen LogP contribution in [0.2, 0.25) is 5.02 Å². The molecule has 0 unspecified atom stereocenters. The molecule has 1 aromatic rings. The van der Waals surface area contributed by atoms with Crippen LogP contribution in [0.25, 0.3) is 0 Å². The van der Waals surface area contributed by atoms with E-state index in [-0.39, 0.29) is 5.02 Å². The first-order chi connectivity index (χ1) is 8.19. The Morgan fingerprint density at radius 1 is 1.50 bits per heavy atom. The summed E-state index contributed by atoms with van der Waals surface area (Å²) in [6, 6.07) is 2.40. The second-order valence-corrected chi connectivity index (χ2v) is 5.99. The highest BCUT2D eigenvalue weighted by Gasteiger charge is 2.32. The minimum Gasteiger partial charge on any atom is -0.368 e. The molecular formula is C10H12ClFN2O3S. The van der Waals surface area contributed by atoms with Gasteiger partial charge in [-0.1, -0.05) is 17.7 Å². The molecule has 100 valence electrons. The average Bonchev–Trinajstić information content (AvgIpc) is 2.26. The smallest absolute Gasteiger partial charge is 0.247 e. The van der Waals surface area contributed by atoms with Crippen molar-refractivity contribution in [1.29, 1.82) is 0 Å². The van der Waals surface area contributed by atoms with E-state index in [1.165, 1.54) is 19.1 Å². The molecule has 0 heterocycles. The summed E-state index contributed by atoms with van der Waals surface area (Å²) in [5, 5.41) is -0.251. The van der Waals surface area contributed by atoms with Crippen molar-refractivity contribution in [1.82, 2.24) is 4.31 Å². The number of halogens is 2. The lowest BCUT2D eigenvalue weighted by molar-refractivity contribution is -0.120. The van der Waals surface area contributed by atoms with Crippen molar-refractivity contribution in [3.8, 4) is 0 Å². The Morgan fingerprint density at radius 2 is 2.06 bits per heavy atom. The third-order valence-corrected chi connectivity index (χ3v) is 4.95. The molecule has 0 aromatic heterocycles. The second-order valence-electron chi connectivity index (χ2n) is 3.65. The van der Waals surface area contributed by atoms with E-state index in [9.17, 15) is 17.6 Å². The first-order valence-electron chi connectivity index (χ1n) is 4.91. The van der Waals surface area contributed by atoms with E-state index >= 15 is 0 Å². The second kappa shape index (κ2) is 5.21. The number of amides is 1. The number of nitrogens with zero attached hydrogens (tertiary/aromatic N) is 1. The SMILES string of the molecule is C[C@H](C(N)=O)N(C)S(=O)(=O)c1c(F)cccc1Cl. The summed E-state index contributed by atoms with van der Waals surface area (Å²) in [4.78, 5) is 10.3. The molecule has 1 atom stereocenters. The molecule has 18 heavy (non-hydrogen) atoms. The number of primary amides is 1. The van der Waals surface area contributed by atoms with E-state index in [0.29, 0.717) is 4.31 Å². The quantitative estimate of drug-likeness (QED) is 0.898. The predicted octanol–water partition coefficient (Wildman–Crippen LogP) is 0.973. The third kappa shape index (κ3) is 2.63. The normalized spacial score (nSPS) is 13.6. The Hall–Kier alpha value is -1.18. The largest absolute Gasteiger partial charge is 0.368 e. The van der Waals surface area contributed by atoms with Crippen molar-refractivity contribution >= 4 is 27.5 Å². The topological polar surface area (TPSA) is 80.5 Å². The summed E-state index contributed by atoms with van der Waals surface area (Å²) < 4.78 is 38.5. The zero-order chi connectivity index (χ0) is 14.1. The molecule has 0 radical (unpaired) electrons. The fourth-order valence-electron chi connectivity index (χ4n) is 1.26. The van der Waals surface area contributed by atoms with Gasteiger partial charge in [0.2, 0.25) is 15.9 Å². The van der Waals surface area contributed by atoms with E-state index in [4.69, 9.17) is 17.3 Å². The predicted molar refractivity (Wildman–Crippen MR) is 65.0 cm³/mol. The zero-order valence-corrected chi connectivity index (χ0v) is 11.3. The molecular weight excluding hydrogens is 283 g/mol. The molecule has 0 bridgehead atoms. The van der Waals surface area contributed by atoms with Crippen molar-refractivity contribution in [2.45, 2.75) is 17.9 Å². The summed E-state index contributed by atoms with van der Waals surface area (Å²) in [5.41, 5.74) is 5.02. The molecule has 1 amide bonds. The summed E-state index contributed by atoms with van der Waals surface area (Å²) in [7, 11) is -3.09. The highest BCUT2D eigenvalue weighted by atomic mass is 35.5. The Morgan fingerprint density at radius 3 is 2.50 bits per heavy atom. The van der Waals surface area contributed by atoms with Gasteiger partial charge in [0, 0.05) is 7.05 Å². The lowest BCUT2D eigenvalue weighted by Crippen LogP contribution is -2.43. The summed E-state index contributed by atoms with van der Waals surface area (Å²) in [6.07, 6.45) is 0. The number of carbonyl (C=O) groups is 1. The fraction of sp³-hybridized carbons (Fsp3) is 0.300. The molecule has 0 aliphatic rings. The maximum Gasteiger partial charge on any atom is 0.247 e. The van der Waals surface area contributed by atoms with Crippen LogP contribution in [0.5, 0.6) is 0 Å². The number of likely N-dealkylation sites (N-methyl/N-ethyl adjacent to an activating group) is 1.